The lowest BCUT2D eigenvalue weighted by molar-refractivity contribution is -0.145. The van der Waals surface area contributed by atoms with E-state index in [9.17, 15) is 26.3 Å². The van der Waals surface area contributed by atoms with Gasteiger partial charge in [-0.2, -0.15) is 26.3 Å². The van der Waals surface area contributed by atoms with Crippen molar-refractivity contribution in [2.45, 2.75) is 18.9 Å². The molecule has 0 saturated carbocycles. The van der Waals surface area contributed by atoms with Crippen molar-refractivity contribution in [3.8, 4) is 11.4 Å². The highest BCUT2D eigenvalue weighted by Crippen LogP contribution is 2.31. The van der Waals surface area contributed by atoms with Crippen LogP contribution in [-0.2, 0) is 18.9 Å². The third-order valence-corrected chi connectivity index (χ3v) is 2.53. The van der Waals surface area contributed by atoms with Crippen LogP contribution < -0.4 is 5.73 Å². The van der Waals surface area contributed by atoms with Gasteiger partial charge in [0.15, 0.2) is 5.82 Å². The summed E-state index contributed by atoms with van der Waals surface area (Å²) in [5.74, 6) is -1.62. The SMILES string of the molecule is Cl.NCc1nc(-c2cnc(C(F)(F)F)nc2)ncc1C(F)(F)F. The second-order valence-electron chi connectivity index (χ2n) is 4.05. The highest BCUT2D eigenvalue weighted by atomic mass is 35.5. The summed E-state index contributed by atoms with van der Waals surface area (Å²) >= 11 is 0. The van der Waals surface area contributed by atoms with E-state index in [1.165, 1.54) is 0 Å². The first kappa shape index (κ1) is 19.0. The van der Waals surface area contributed by atoms with Crippen LogP contribution in [0.4, 0.5) is 26.3 Å². The quantitative estimate of drug-likeness (QED) is 0.834. The van der Waals surface area contributed by atoms with E-state index >= 15 is 0 Å². The Kier molecular flexibility index (Phi) is 5.48. The molecule has 2 rings (SSSR count). The minimum Gasteiger partial charge on any atom is -0.325 e. The molecule has 0 spiro atoms. The molecule has 0 unspecified atom stereocenters. The molecular weight excluding hydrogens is 352 g/mol. The standard InChI is InChI=1S/C11H7F6N5.ClH/c12-10(13,14)6-4-19-8(22-7(6)1-18)5-2-20-9(21-3-5)11(15,16)17;/h2-4H,1,18H2;1H. The van der Waals surface area contributed by atoms with E-state index in [4.69, 9.17) is 5.73 Å². The van der Waals surface area contributed by atoms with Crippen molar-refractivity contribution in [1.82, 2.24) is 19.9 Å². The van der Waals surface area contributed by atoms with Gasteiger partial charge < -0.3 is 5.73 Å². The fourth-order valence-electron chi connectivity index (χ4n) is 1.54. The molecule has 0 saturated heterocycles. The van der Waals surface area contributed by atoms with Gasteiger partial charge in [-0.15, -0.1) is 12.4 Å². The predicted molar refractivity (Wildman–Crippen MR) is 68.2 cm³/mol. The van der Waals surface area contributed by atoms with Crippen molar-refractivity contribution < 1.29 is 26.3 Å². The predicted octanol–water partition coefficient (Wildman–Crippen LogP) is 2.85. The minimum atomic E-state index is -4.72. The third-order valence-electron chi connectivity index (χ3n) is 2.53. The van der Waals surface area contributed by atoms with Crippen LogP contribution >= 0.6 is 12.4 Å². The fraction of sp³-hybridized carbons (Fsp3) is 0.273. The highest BCUT2D eigenvalue weighted by molar-refractivity contribution is 5.85. The Morgan fingerprint density at radius 2 is 1.43 bits per heavy atom. The van der Waals surface area contributed by atoms with E-state index in [0.29, 0.717) is 6.20 Å². The van der Waals surface area contributed by atoms with Gasteiger partial charge in [0, 0.05) is 25.1 Å². The van der Waals surface area contributed by atoms with Gasteiger partial charge in [0.25, 0.3) is 0 Å². The molecular formula is C11H8ClF6N5. The van der Waals surface area contributed by atoms with Crippen LogP contribution in [0.25, 0.3) is 11.4 Å². The van der Waals surface area contributed by atoms with Crippen LogP contribution in [0.3, 0.4) is 0 Å². The zero-order valence-corrected chi connectivity index (χ0v) is 11.8. The molecule has 0 amide bonds. The maximum absolute atomic E-state index is 12.7. The molecule has 0 fully saturated rings. The second-order valence-corrected chi connectivity index (χ2v) is 4.05. The summed E-state index contributed by atoms with van der Waals surface area (Å²) in [6.07, 6.45) is -7.33. The van der Waals surface area contributed by atoms with Crippen molar-refractivity contribution in [2.24, 2.45) is 5.73 Å². The molecule has 0 aliphatic heterocycles. The molecule has 2 heterocycles. The summed E-state index contributed by atoms with van der Waals surface area (Å²) in [5.41, 5.74) is 3.57. The Morgan fingerprint density at radius 1 is 0.870 bits per heavy atom. The summed E-state index contributed by atoms with van der Waals surface area (Å²) in [5, 5.41) is 0. The Hall–Kier alpha value is -2.01. The molecule has 0 aliphatic carbocycles. The molecule has 0 radical (unpaired) electrons. The van der Waals surface area contributed by atoms with Crippen LogP contribution in [0.15, 0.2) is 18.6 Å². The number of halogens is 7. The zero-order valence-electron chi connectivity index (χ0n) is 11.0. The van der Waals surface area contributed by atoms with Crippen LogP contribution in [0.2, 0.25) is 0 Å². The topological polar surface area (TPSA) is 77.6 Å². The number of nitrogens with zero attached hydrogens (tertiary/aromatic N) is 4. The smallest absolute Gasteiger partial charge is 0.325 e. The number of aromatic nitrogens is 4. The van der Waals surface area contributed by atoms with Crippen LogP contribution in [0, 0.1) is 0 Å². The molecule has 5 nitrogen and oxygen atoms in total. The van der Waals surface area contributed by atoms with Crippen LogP contribution in [-0.4, -0.2) is 19.9 Å². The van der Waals surface area contributed by atoms with Crippen LogP contribution in [0.5, 0.6) is 0 Å². The monoisotopic (exact) mass is 359 g/mol. The largest absolute Gasteiger partial charge is 0.451 e. The summed E-state index contributed by atoms with van der Waals surface area (Å²) in [4.78, 5) is 13.2. The summed E-state index contributed by atoms with van der Waals surface area (Å²) < 4.78 is 75.0. The summed E-state index contributed by atoms with van der Waals surface area (Å²) in [6, 6.07) is 0. The lowest BCUT2D eigenvalue weighted by atomic mass is 10.2. The molecule has 2 N–H and O–H groups in total. The Morgan fingerprint density at radius 3 is 1.87 bits per heavy atom. The molecule has 2 aromatic rings. The summed E-state index contributed by atoms with van der Waals surface area (Å²) in [7, 11) is 0. The number of nitrogens with two attached hydrogens (primary N) is 1. The fourth-order valence-corrected chi connectivity index (χ4v) is 1.54. The van der Waals surface area contributed by atoms with Gasteiger partial charge in [0.05, 0.1) is 16.8 Å². The average Bonchev–Trinajstić information content (AvgIpc) is 2.45. The van der Waals surface area contributed by atoms with E-state index < -0.39 is 36.0 Å². The lowest BCUT2D eigenvalue weighted by Gasteiger charge is -2.11. The van der Waals surface area contributed by atoms with Crippen molar-refractivity contribution in [3.05, 3.63) is 35.7 Å². The molecule has 0 aliphatic rings. The van der Waals surface area contributed by atoms with Crippen molar-refractivity contribution in [1.29, 1.82) is 0 Å². The van der Waals surface area contributed by atoms with E-state index in [1.54, 1.807) is 0 Å². The maximum atomic E-state index is 12.7. The zero-order chi connectivity index (χ0) is 16.5. The first-order chi connectivity index (χ1) is 10.1. The molecule has 23 heavy (non-hydrogen) atoms. The van der Waals surface area contributed by atoms with Crippen molar-refractivity contribution in [2.75, 3.05) is 0 Å². The Bertz CT molecular complexity index is 670. The molecule has 12 heteroatoms. The molecule has 0 atom stereocenters. The normalized spacial score (nSPS) is 12.0. The Labute approximate surface area is 131 Å². The molecule has 126 valence electrons. The van der Waals surface area contributed by atoms with E-state index in [0.717, 1.165) is 12.4 Å². The number of hydrogen-bond acceptors (Lipinski definition) is 5. The van der Waals surface area contributed by atoms with Gasteiger partial charge in [0.1, 0.15) is 0 Å². The summed E-state index contributed by atoms with van der Waals surface area (Å²) in [6.45, 7) is -0.508. The average molecular weight is 360 g/mol. The molecule has 0 aromatic carbocycles. The van der Waals surface area contributed by atoms with Gasteiger partial charge in [-0.1, -0.05) is 0 Å². The van der Waals surface area contributed by atoms with Crippen molar-refractivity contribution in [3.63, 3.8) is 0 Å². The van der Waals surface area contributed by atoms with E-state index in [1.807, 2.05) is 0 Å². The number of hydrogen-bond donors (Lipinski definition) is 1. The third kappa shape index (κ3) is 4.26. The van der Waals surface area contributed by atoms with Gasteiger partial charge >= 0.3 is 12.4 Å². The van der Waals surface area contributed by atoms with Gasteiger partial charge in [-0.05, 0) is 0 Å². The molecule has 0 bridgehead atoms. The lowest BCUT2D eigenvalue weighted by Crippen LogP contribution is -2.15. The maximum Gasteiger partial charge on any atom is 0.451 e. The van der Waals surface area contributed by atoms with Crippen LogP contribution in [0.1, 0.15) is 17.1 Å². The van der Waals surface area contributed by atoms with Gasteiger partial charge in [-0.3, -0.25) is 0 Å². The number of rotatable bonds is 2. The first-order valence-corrected chi connectivity index (χ1v) is 5.65. The second kappa shape index (κ2) is 6.62. The van der Waals surface area contributed by atoms with Gasteiger partial charge in [0.2, 0.25) is 5.82 Å². The van der Waals surface area contributed by atoms with Gasteiger partial charge in [-0.25, -0.2) is 19.9 Å². The first-order valence-electron chi connectivity index (χ1n) is 5.65. The Balaban J connectivity index is 0.00000264. The van der Waals surface area contributed by atoms with E-state index in [-0.39, 0.29) is 23.8 Å². The highest BCUT2D eigenvalue weighted by Gasteiger charge is 2.35. The van der Waals surface area contributed by atoms with Crippen molar-refractivity contribution >= 4 is 12.4 Å². The van der Waals surface area contributed by atoms with E-state index in [2.05, 4.69) is 19.9 Å². The molecule has 2 aromatic heterocycles. The number of alkyl halides is 6. The minimum absolute atomic E-state index is 0.